The second kappa shape index (κ2) is 5.14. The third-order valence-corrected chi connectivity index (χ3v) is 2.46. The van der Waals surface area contributed by atoms with Gasteiger partial charge in [-0.05, 0) is 24.3 Å². The zero-order chi connectivity index (χ0) is 11.4. The number of nitrogens with zero attached hydrogens (tertiary/aromatic N) is 1. The maximum atomic E-state index is 8.68. The summed E-state index contributed by atoms with van der Waals surface area (Å²) in [5.41, 5.74) is 0.814. The van der Waals surface area contributed by atoms with E-state index in [1.807, 2.05) is 18.2 Å². The summed E-state index contributed by atoms with van der Waals surface area (Å²) in [7, 11) is 0. The number of benzene rings is 1. The van der Waals surface area contributed by atoms with Gasteiger partial charge in [0.2, 0.25) is 0 Å². The highest BCUT2D eigenvalue weighted by Crippen LogP contribution is 2.26. The van der Waals surface area contributed by atoms with Gasteiger partial charge in [0.05, 0.1) is 12.1 Å². The van der Waals surface area contributed by atoms with E-state index in [1.54, 1.807) is 12.3 Å². The Kier molecular flexibility index (Phi) is 3.59. The van der Waals surface area contributed by atoms with Crippen molar-refractivity contribution in [3.8, 4) is 5.75 Å². The summed E-state index contributed by atoms with van der Waals surface area (Å²) in [6.45, 7) is 0.632. The van der Waals surface area contributed by atoms with Gasteiger partial charge in [-0.15, -0.1) is 0 Å². The molecule has 1 aromatic carbocycles. The van der Waals surface area contributed by atoms with Crippen molar-refractivity contribution in [1.82, 2.24) is 4.98 Å². The Morgan fingerprint density at radius 1 is 1.31 bits per heavy atom. The molecule has 2 aromatic rings. The molecule has 4 heteroatoms. The largest absolute Gasteiger partial charge is 0.493 e. The fourth-order valence-electron chi connectivity index (χ4n) is 1.47. The van der Waals surface area contributed by atoms with E-state index in [-0.39, 0.29) is 6.61 Å². The Morgan fingerprint density at radius 2 is 2.19 bits per heavy atom. The van der Waals surface area contributed by atoms with Crippen molar-refractivity contribution in [1.29, 1.82) is 0 Å². The lowest BCUT2D eigenvalue weighted by molar-refractivity contribution is 0.235. The fraction of sp³-hybridized carbons (Fsp3) is 0.250. The Balaban J connectivity index is 2.30. The number of pyridine rings is 1. The van der Waals surface area contributed by atoms with Crippen LogP contribution in [0.1, 0.15) is 6.42 Å². The highest BCUT2D eigenvalue weighted by Gasteiger charge is 2.03. The summed E-state index contributed by atoms with van der Waals surface area (Å²) in [6.07, 6.45) is 2.31. The first-order valence-corrected chi connectivity index (χ1v) is 5.47. The number of hydrogen-bond acceptors (Lipinski definition) is 3. The van der Waals surface area contributed by atoms with E-state index >= 15 is 0 Å². The topological polar surface area (TPSA) is 42.4 Å². The molecular weight excluding hydrogens is 226 g/mol. The number of halogens is 1. The molecule has 0 aliphatic rings. The molecule has 0 bridgehead atoms. The molecule has 1 aromatic heterocycles. The van der Waals surface area contributed by atoms with E-state index < -0.39 is 0 Å². The van der Waals surface area contributed by atoms with Crippen LogP contribution in [0.5, 0.6) is 5.75 Å². The predicted molar refractivity (Wildman–Crippen MR) is 64.0 cm³/mol. The summed E-state index contributed by atoms with van der Waals surface area (Å²) < 4.78 is 5.56. The van der Waals surface area contributed by atoms with Crippen molar-refractivity contribution in [2.75, 3.05) is 13.2 Å². The van der Waals surface area contributed by atoms with Crippen LogP contribution in [0.2, 0.25) is 5.02 Å². The molecular formula is C12H12ClNO2. The molecule has 1 N–H and O–H groups in total. The molecule has 16 heavy (non-hydrogen) atoms. The highest BCUT2D eigenvalue weighted by atomic mass is 35.5. The van der Waals surface area contributed by atoms with Crippen LogP contribution in [0.25, 0.3) is 10.9 Å². The van der Waals surface area contributed by atoms with Gasteiger partial charge in [0, 0.05) is 29.6 Å². The number of rotatable bonds is 4. The van der Waals surface area contributed by atoms with Gasteiger partial charge in [0.15, 0.2) is 0 Å². The van der Waals surface area contributed by atoms with Gasteiger partial charge in [-0.25, -0.2) is 0 Å². The van der Waals surface area contributed by atoms with Gasteiger partial charge in [0.25, 0.3) is 0 Å². The van der Waals surface area contributed by atoms with E-state index in [1.165, 1.54) is 0 Å². The third kappa shape index (κ3) is 2.43. The minimum absolute atomic E-state index is 0.134. The standard InChI is InChI=1S/C12H12ClNO2/c13-9-2-3-10-11(8-9)14-5-4-12(10)16-7-1-6-15/h2-5,8,15H,1,6-7H2. The molecule has 2 rings (SSSR count). The van der Waals surface area contributed by atoms with Crippen LogP contribution in [0, 0.1) is 0 Å². The Morgan fingerprint density at radius 3 is 3.00 bits per heavy atom. The van der Waals surface area contributed by atoms with Crippen LogP contribution in [0.3, 0.4) is 0 Å². The second-order valence-corrected chi connectivity index (χ2v) is 3.83. The number of aliphatic hydroxyl groups is 1. The molecule has 1 heterocycles. The Labute approximate surface area is 98.6 Å². The van der Waals surface area contributed by atoms with E-state index in [2.05, 4.69) is 4.98 Å². The monoisotopic (exact) mass is 237 g/mol. The summed E-state index contributed by atoms with van der Waals surface area (Å²) >= 11 is 5.88. The maximum absolute atomic E-state index is 8.68. The van der Waals surface area contributed by atoms with Gasteiger partial charge >= 0.3 is 0 Å². The molecule has 0 unspecified atom stereocenters. The van der Waals surface area contributed by atoms with Crippen LogP contribution in [-0.2, 0) is 0 Å². The zero-order valence-corrected chi connectivity index (χ0v) is 9.44. The van der Waals surface area contributed by atoms with E-state index in [9.17, 15) is 0 Å². The van der Waals surface area contributed by atoms with Crippen molar-refractivity contribution in [2.24, 2.45) is 0 Å². The number of hydrogen-bond donors (Lipinski definition) is 1. The Bertz CT molecular complexity index is 487. The van der Waals surface area contributed by atoms with Gasteiger partial charge in [-0.3, -0.25) is 4.98 Å². The SMILES string of the molecule is OCCCOc1ccnc2cc(Cl)ccc12. The molecule has 0 saturated carbocycles. The fourth-order valence-corrected chi connectivity index (χ4v) is 1.63. The molecule has 3 nitrogen and oxygen atoms in total. The molecule has 0 spiro atoms. The molecule has 0 fully saturated rings. The first-order chi connectivity index (χ1) is 7.81. The molecule has 0 aliphatic carbocycles. The van der Waals surface area contributed by atoms with Crippen LogP contribution in [-0.4, -0.2) is 23.3 Å². The summed E-state index contributed by atoms with van der Waals surface area (Å²) in [4.78, 5) is 4.22. The zero-order valence-electron chi connectivity index (χ0n) is 8.69. The van der Waals surface area contributed by atoms with Crippen LogP contribution >= 0.6 is 11.6 Å². The van der Waals surface area contributed by atoms with Gasteiger partial charge in [0.1, 0.15) is 5.75 Å². The predicted octanol–water partition coefficient (Wildman–Crippen LogP) is 2.65. The lowest BCUT2D eigenvalue weighted by atomic mass is 10.2. The second-order valence-electron chi connectivity index (χ2n) is 3.40. The normalized spacial score (nSPS) is 10.6. The first-order valence-electron chi connectivity index (χ1n) is 5.09. The number of aliphatic hydroxyl groups excluding tert-OH is 1. The van der Waals surface area contributed by atoms with Gasteiger partial charge in [-0.2, -0.15) is 0 Å². The Hall–Kier alpha value is -1.32. The van der Waals surface area contributed by atoms with E-state index in [0.717, 1.165) is 16.7 Å². The lowest BCUT2D eigenvalue weighted by Crippen LogP contribution is -2.00. The smallest absolute Gasteiger partial charge is 0.130 e. The molecule has 0 radical (unpaired) electrons. The lowest BCUT2D eigenvalue weighted by Gasteiger charge is -2.08. The number of aromatic nitrogens is 1. The van der Waals surface area contributed by atoms with Crippen molar-refractivity contribution < 1.29 is 9.84 Å². The molecule has 0 aliphatic heterocycles. The summed E-state index contributed by atoms with van der Waals surface area (Å²) in [5.74, 6) is 0.773. The third-order valence-electron chi connectivity index (χ3n) is 2.22. The van der Waals surface area contributed by atoms with Crippen molar-refractivity contribution in [3.63, 3.8) is 0 Å². The van der Waals surface area contributed by atoms with Crippen LogP contribution in [0.4, 0.5) is 0 Å². The highest BCUT2D eigenvalue weighted by molar-refractivity contribution is 6.31. The van der Waals surface area contributed by atoms with Crippen LogP contribution in [0.15, 0.2) is 30.5 Å². The van der Waals surface area contributed by atoms with Gasteiger partial charge < -0.3 is 9.84 Å². The minimum atomic E-state index is 0.134. The number of ether oxygens (including phenoxy) is 1. The van der Waals surface area contributed by atoms with Crippen molar-refractivity contribution in [3.05, 3.63) is 35.5 Å². The summed E-state index contributed by atoms with van der Waals surface area (Å²) in [5, 5.41) is 10.3. The molecule has 0 saturated heterocycles. The van der Waals surface area contributed by atoms with Crippen LogP contribution < -0.4 is 4.74 Å². The van der Waals surface area contributed by atoms with Gasteiger partial charge in [-0.1, -0.05) is 11.6 Å². The first kappa shape index (κ1) is 11.2. The minimum Gasteiger partial charge on any atom is -0.493 e. The molecule has 0 atom stereocenters. The maximum Gasteiger partial charge on any atom is 0.130 e. The quantitative estimate of drug-likeness (QED) is 0.832. The van der Waals surface area contributed by atoms with E-state index in [0.29, 0.717) is 18.1 Å². The van der Waals surface area contributed by atoms with Crippen molar-refractivity contribution in [2.45, 2.75) is 6.42 Å². The van der Waals surface area contributed by atoms with Crippen molar-refractivity contribution >= 4 is 22.5 Å². The van der Waals surface area contributed by atoms with E-state index in [4.69, 9.17) is 21.4 Å². The number of fused-ring (bicyclic) bond motifs is 1. The molecule has 0 amide bonds. The average Bonchev–Trinajstić information content (AvgIpc) is 2.29. The molecule has 84 valence electrons. The average molecular weight is 238 g/mol. The summed E-state index contributed by atoms with van der Waals surface area (Å²) in [6, 6.07) is 7.31.